The molecule has 0 saturated heterocycles. The zero-order valence-corrected chi connectivity index (χ0v) is 45.2. The topological polar surface area (TPSA) is 72.8 Å². The van der Waals surface area contributed by atoms with E-state index in [0.29, 0.717) is 12.8 Å². The van der Waals surface area contributed by atoms with E-state index in [-0.39, 0.29) is 25.2 Å². The van der Waals surface area contributed by atoms with Crippen molar-refractivity contribution in [1.82, 2.24) is 0 Å². The first-order valence-corrected chi connectivity index (χ1v) is 28.7. The van der Waals surface area contributed by atoms with E-state index >= 15 is 0 Å². The van der Waals surface area contributed by atoms with Gasteiger partial charge in [0.15, 0.2) is 6.10 Å². The minimum atomic E-state index is -0.793. The van der Waals surface area contributed by atoms with Gasteiger partial charge in [0.2, 0.25) is 0 Å². The van der Waals surface area contributed by atoms with Crippen LogP contribution in [0.4, 0.5) is 0 Å². The van der Waals surface area contributed by atoms with Crippen molar-refractivity contribution in [2.45, 2.75) is 251 Å². The molecule has 0 aromatic heterocycles. The van der Waals surface area contributed by atoms with Gasteiger partial charge in [0, 0.05) is 12.8 Å². The first-order valence-electron chi connectivity index (χ1n) is 28.7. The van der Waals surface area contributed by atoms with Crippen LogP contribution >= 0.6 is 0 Å². The zero-order valence-electron chi connectivity index (χ0n) is 45.2. The lowest BCUT2D eigenvalue weighted by molar-refractivity contribution is -0.161. The van der Waals surface area contributed by atoms with Crippen LogP contribution < -0.4 is 0 Å². The van der Waals surface area contributed by atoms with Crippen LogP contribution in [-0.2, 0) is 19.1 Å². The number of esters is 2. The second-order valence-electron chi connectivity index (χ2n) is 18.6. The van der Waals surface area contributed by atoms with Gasteiger partial charge in [-0.3, -0.25) is 9.59 Å². The van der Waals surface area contributed by atoms with Gasteiger partial charge in [0.05, 0.1) is 6.61 Å². The van der Waals surface area contributed by atoms with E-state index in [1.807, 2.05) is 0 Å². The third kappa shape index (κ3) is 56.6. The lowest BCUT2D eigenvalue weighted by atomic mass is 10.1. The molecule has 5 nitrogen and oxygen atoms in total. The Labute approximate surface area is 432 Å². The largest absolute Gasteiger partial charge is 0.462 e. The molecule has 0 amide bonds. The second kappa shape index (κ2) is 59.3. The molecule has 0 aliphatic heterocycles. The summed E-state index contributed by atoms with van der Waals surface area (Å²) in [6.07, 6.45) is 88.4. The Balaban J connectivity index is 3.61. The van der Waals surface area contributed by atoms with E-state index in [1.165, 1.54) is 109 Å². The molecule has 0 aliphatic carbocycles. The molecule has 396 valence electrons. The van der Waals surface area contributed by atoms with Gasteiger partial charge in [0.25, 0.3) is 0 Å². The van der Waals surface area contributed by atoms with Crippen LogP contribution in [0.25, 0.3) is 0 Å². The van der Waals surface area contributed by atoms with Crippen molar-refractivity contribution in [2.24, 2.45) is 0 Å². The lowest BCUT2D eigenvalue weighted by Crippen LogP contribution is -2.28. The van der Waals surface area contributed by atoms with Gasteiger partial charge in [-0.25, -0.2) is 0 Å². The summed E-state index contributed by atoms with van der Waals surface area (Å²) >= 11 is 0. The lowest BCUT2D eigenvalue weighted by Gasteiger charge is -2.15. The highest BCUT2D eigenvalue weighted by Crippen LogP contribution is 2.14. The predicted molar refractivity (Wildman–Crippen MR) is 306 cm³/mol. The Morgan fingerprint density at radius 3 is 0.929 bits per heavy atom. The van der Waals surface area contributed by atoms with Crippen molar-refractivity contribution in [3.05, 3.63) is 134 Å². The molecule has 0 rings (SSSR count). The highest BCUT2D eigenvalue weighted by atomic mass is 16.6. The predicted octanol–water partition coefficient (Wildman–Crippen LogP) is 19.6. The Kier molecular flexibility index (Phi) is 56.0. The number of allylic oxidation sites excluding steroid dienone is 22. The van der Waals surface area contributed by atoms with Crippen LogP contribution in [0.1, 0.15) is 245 Å². The smallest absolute Gasteiger partial charge is 0.306 e. The van der Waals surface area contributed by atoms with E-state index in [0.717, 1.165) is 109 Å². The Bertz CT molecular complexity index is 1470. The van der Waals surface area contributed by atoms with Crippen molar-refractivity contribution in [3.8, 4) is 0 Å². The fraction of sp³-hybridized carbons (Fsp3) is 0.631. The van der Waals surface area contributed by atoms with Gasteiger partial charge in [0.1, 0.15) is 6.61 Å². The minimum absolute atomic E-state index is 0.0821. The number of hydrogen-bond donors (Lipinski definition) is 1. The maximum atomic E-state index is 12.3. The number of carbonyl (C=O) groups is 2. The summed E-state index contributed by atoms with van der Waals surface area (Å²) in [5.74, 6) is -0.618. The summed E-state index contributed by atoms with van der Waals surface area (Å²) < 4.78 is 10.7. The molecule has 1 N–H and O–H groups in total. The normalized spacial score (nSPS) is 13.2. The van der Waals surface area contributed by atoms with Crippen LogP contribution in [0, 0.1) is 0 Å². The van der Waals surface area contributed by atoms with Crippen LogP contribution in [0.2, 0.25) is 0 Å². The molecule has 0 heterocycles. The van der Waals surface area contributed by atoms with Gasteiger partial charge in [-0.05, 0) is 116 Å². The fourth-order valence-corrected chi connectivity index (χ4v) is 7.64. The maximum Gasteiger partial charge on any atom is 0.306 e. The number of unbranched alkanes of at least 4 members (excludes halogenated alkanes) is 21. The van der Waals surface area contributed by atoms with Gasteiger partial charge in [-0.1, -0.05) is 250 Å². The molecule has 1 atom stereocenters. The van der Waals surface area contributed by atoms with Crippen molar-refractivity contribution in [1.29, 1.82) is 0 Å². The molecule has 0 aromatic rings. The second-order valence-corrected chi connectivity index (χ2v) is 18.6. The molecule has 5 heteroatoms. The number of aliphatic hydroxyl groups is 1. The average Bonchev–Trinajstić information content (AvgIpc) is 3.36. The van der Waals surface area contributed by atoms with Gasteiger partial charge >= 0.3 is 11.9 Å². The third-order valence-corrected chi connectivity index (χ3v) is 11.9. The van der Waals surface area contributed by atoms with Crippen LogP contribution in [-0.4, -0.2) is 36.4 Å². The Hall–Kier alpha value is -3.96. The molecule has 0 aromatic carbocycles. The number of rotatable bonds is 51. The van der Waals surface area contributed by atoms with Crippen LogP contribution in [0.5, 0.6) is 0 Å². The molecular weight excluding hydrogens is 861 g/mol. The highest BCUT2D eigenvalue weighted by Gasteiger charge is 2.16. The highest BCUT2D eigenvalue weighted by molar-refractivity contribution is 5.70. The molecule has 0 aliphatic rings. The first-order chi connectivity index (χ1) is 34.6. The summed E-state index contributed by atoms with van der Waals surface area (Å²) in [4.78, 5) is 24.5. The summed E-state index contributed by atoms with van der Waals surface area (Å²) in [5, 5.41) is 9.66. The van der Waals surface area contributed by atoms with Crippen molar-refractivity contribution >= 4 is 11.9 Å². The monoisotopic (exact) mass is 967 g/mol. The average molecular weight is 968 g/mol. The number of aliphatic hydroxyl groups excluding tert-OH is 1. The number of ether oxygens (including phenoxy) is 2. The van der Waals surface area contributed by atoms with Crippen LogP contribution in [0.3, 0.4) is 0 Å². The SMILES string of the molecule is CC/C=C\C/C=C\C/C=C\C/C=C\C/C=C\C/C=C\C/C=C\C/C=C\CCCCCCCCC(=O)OC(CO)COC(=O)CCCCCCCCCCCC/C=C\C/C=C\C/C=C\CCCCCCC. The summed E-state index contributed by atoms with van der Waals surface area (Å²) in [6.45, 7) is 4.00. The standard InChI is InChI=1S/C65H106O5/c1-3-5-7-9-11-13-15-17-19-21-23-25-27-29-30-31-32-33-34-36-38-40-42-44-46-48-50-52-54-56-58-60-65(68)70-63(61-66)62-69-64(67)59-57-55-53-51-49-47-45-43-41-39-37-35-28-26-24-22-20-18-16-14-12-10-8-6-4-2/h5,7,11,13,16-19,22-25,28-30,32-33,35-36,38,42,44,63,66H,3-4,6,8-10,12,14-15,20-21,26-27,31,34,37,39-41,43,45-62H2,1-2H3/b7-5-,13-11-,18-16-,19-17-,24-22-,25-23-,30-29-,33-32-,35-28-,38-36-,44-42-. The van der Waals surface area contributed by atoms with E-state index in [2.05, 4.69) is 148 Å². The van der Waals surface area contributed by atoms with E-state index < -0.39 is 6.10 Å². The first kappa shape index (κ1) is 66.0. The minimum Gasteiger partial charge on any atom is -0.462 e. The van der Waals surface area contributed by atoms with E-state index in [4.69, 9.17) is 9.47 Å². The Morgan fingerprint density at radius 2 is 0.614 bits per heavy atom. The van der Waals surface area contributed by atoms with E-state index in [9.17, 15) is 14.7 Å². The Morgan fingerprint density at radius 1 is 0.343 bits per heavy atom. The molecule has 0 bridgehead atoms. The molecule has 1 unspecified atom stereocenters. The number of carbonyl (C=O) groups excluding carboxylic acids is 2. The van der Waals surface area contributed by atoms with Gasteiger partial charge in [-0.15, -0.1) is 0 Å². The summed E-state index contributed by atoms with van der Waals surface area (Å²) in [5.41, 5.74) is 0. The zero-order chi connectivity index (χ0) is 50.6. The molecule has 0 saturated carbocycles. The van der Waals surface area contributed by atoms with Gasteiger partial charge in [-0.2, -0.15) is 0 Å². The van der Waals surface area contributed by atoms with Crippen molar-refractivity contribution in [2.75, 3.05) is 13.2 Å². The molecule has 70 heavy (non-hydrogen) atoms. The van der Waals surface area contributed by atoms with E-state index in [1.54, 1.807) is 0 Å². The quantitative estimate of drug-likeness (QED) is 0.0374. The molecule has 0 spiro atoms. The molecule has 0 fully saturated rings. The number of hydrogen-bond acceptors (Lipinski definition) is 5. The third-order valence-electron chi connectivity index (χ3n) is 11.9. The van der Waals surface area contributed by atoms with Gasteiger partial charge < -0.3 is 14.6 Å². The summed E-state index contributed by atoms with van der Waals surface area (Å²) in [7, 11) is 0. The molecule has 0 radical (unpaired) electrons. The fourth-order valence-electron chi connectivity index (χ4n) is 7.64. The molecular formula is C65H106O5. The maximum absolute atomic E-state index is 12.3. The van der Waals surface area contributed by atoms with Crippen molar-refractivity contribution in [3.63, 3.8) is 0 Å². The van der Waals surface area contributed by atoms with Crippen LogP contribution in [0.15, 0.2) is 134 Å². The summed E-state index contributed by atoms with van der Waals surface area (Å²) in [6, 6.07) is 0. The van der Waals surface area contributed by atoms with Crippen molar-refractivity contribution < 1.29 is 24.2 Å².